The molecule has 4 rings (SSSR count). The zero-order valence-corrected chi connectivity index (χ0v) is 18.2. The van der Waals surface area contributed by atoms with E-state index in [0.717, 1.165) is 22.5 Å². The van der Waals surface area contributed by atoms with Gasteiger partial charge in [-0.15, -0.1) is 0 Å². The summed E-state index contributed by atoms with van der Waals surface area (Å²) in [6, 6.07) is 19.4. The van der Waals surface area contributed by atoms with Crippen LogP contribution in [-0.4, -0.2) is 38.3 Å². The lowest BCUT2D eigenvalue weighted by Gasteiger charge is -2.33. The predicted octanol–water partition coefficient (Wildman–Crippen LogP) is 4.43. The van der Waals surface area contributed by atoms with Crippen LogP contribution in [0.4, 0.5) is 10.1 Å². The van der Waals surface area contributed by atoms with Crippen LogP contribution in [-0.2, 0) is 14.8 Å². The third-order valence-electron chi connectivity index (χ3n) is 5.88. The zero-order chi connectivity index (χ0) is 22.0. The van der Waals surface area contributed by atoms with Crippen molar-refractivity contribution in [1.82, 2.24) is 4.31 Å². The summed E-state index contributed by atoms with van der Waals surface area (Å²) in [5, 5.41) is 2.18. The Morgan fingerprint density at radius 3 is 2.32 bits per heavy atom. The molecule has 0 aliphatic carbocycles. The van der Waals surface area contributed by atoms with Crippen molar-refractivity contribution in [1.29, 1.82) is 0 Å². The molecule has 1 aliphatic rings. The van der Waals surface area contributed by atoms with E-state index in [1.165, 1.54) is 22.5 Å². The molecule has 1 aliphatic heterocycles. The molecule has 1 saturated heterocycles. The molecule has 162 valence electrons. The van der Waals surface area contributed by atoms with Gasteiger partial charge in [0.2, 0.25) is 15.9 Å². The lowest BCUT2D eigenvalue weighted by Crippen LogP contribution is -2.44. The molecule has 1 fully saturated rings. The molecule has 0 radical (unpaired) electrons. The van der Waals surface area contributed by atoms with Gasteiger partial charge in [0.1, 0.15) is 10.7 Å². The molecule has 1 heterocycles. The molecule has 0 saturated carbocycles. The molecule has 31 heavy (non-hydrogen) atoms. The number of rotatable bonds is 5. The first-order valence-corrected chi connectivity index (χ1v) is 11.9. The highest BCUT2D eigenvalue weighted by atomic mass is 32.2. The van der Waals surface area contributed by atoms with E-state index >= 15 is 0 Å². The van der Waals surface area contributed by atoms with Crippen LogP contribution in [0.5, 0.6) is 0 Å². The van der Waals surface area contributed by atoms with Gasteiger partial charge in [-0.3, -0.25) is 4.79 Å². The Morgan fingerprint density at radius 1 is 1.00 bits per heavy atom. The Kier molecular flexibility index (Phi) is 6.07. The van der Waals surface area contributed by atoms with Gasteiger partial charge in [0, 0.05) is 31.2 Å². The number of fused-ring (bicyclic) bond motifs is 1. The largest absolute Gasteiger partial charge is 0.312 e. The van der Waals surface area contributed by atoms with E-state index in [4.69, 9.17) is 0 Å². The fourth-order valence-corrected chi connectivity index (χ4v) is 5.70. The number of carbonyl (C=O) groups is 1. The standard InChI is InChI=1S/C24H25FN2O3S/c1-2-27(21-12-11-18-7-3-4-8-20(18)17-21)24(28)19-13-15-26(16-14-19)31(29,30)23-10-6-5-9-22(23)25/h3-12,17,19H,2,13-16H2,1H3. The fraction of sp³-hybridized carbons (Fsp3) is 0.292. The van der Waals surface area contributed by atoms with Gasteiger partial charge in [-0.1, -0.05) is 42.5 Å². The quantitative estimate of drug-likeness (QED) is 0.590. The van der Waals surface area contributed by atoms with Crippen LogP contribution in [0.2, 0.25) is 0 Å². The summed E-state index contributed by atoms with van der Waals surface area (Å²) in [6.07, 6.45) is 0.827. The Balaban J connectivity index is 1.48. The first-order chi connectivity index (χ1) is 14.9. The van der Waals surface area contributed by atoms with Crippen LogP contribution in [0, 0.1) is 11.7 Å². The van der Waals surface area contributed by atoms with Crippen molar-refractivity contribution >= 4 is 32.4 Å². The Morgan fingerprint density at radius 2 is 1.65 bits per heavy atom. The normalized spacial score (nSPS) is 15.8. The number of halogens is 1. The molecule has 0 spiro atoms. The molecule has 7 heteroatoms. The molecule has 1 amide bonds. The van der Waals surface area contributed by atoms with Crippen molar-refractivity contribution in [3.63, 3.8) is 0 Å². The summed E-state index contributed by atoms with van der Waals surface area (Å²) in [4.78, 5) is 14.7. The van der Waals surface area contributed by atoms with Crippen LogP contribution in [0.3, 0.4) is 0 Å². The molecule has 0 aromatic heterocycles. The lowest BCUT2D eigenvalue weighted by atomic mass is 9.96. The molecular formula is C24H25FN2O3S. The Labute approximate surface area is 182 Å². The van der Waals surface area contributed by atoms with E-state index in [0.29, 0.717) is 19.4 Å². The second kappa shape index (κ2) is 8.77. The molecule has 0 unspecified atom stereocenters. The predicted molar refractivity (Wildman–Crippen MR) is 120 cm³/mol. The minimum absolute atomic E-state index is 0.000667. The van der Waals surface area contributed by atoms with Crippen LogP contribution in [0.1, 0.15) is 19.8 Å². The Hall–Kier alpha value is -2.77. The SMILES string of the molecule is CCN(C(=O)C1CCN(S(=O)(=O)c2ccccc2F)CC1)c1ccc2ccccc2c1. The topological polar surface area (TPSA) is 57.7 Å². The van der Waals surface area contributed by atoms with Crippen molar-refractivity contribution in [2.75, 3.05) is 24.5 Å². The van der Waals surface area contributed by atoms with Crippen LogP contribution >= 0.6 is 0 Å². The molecule has 0 atom stereocenters. The lowest BCUT2D eigenvalue weighted by molar-refractivity contribution is -0.123. The minimum Gasteiger partial charge on any atom is -0.312 e. The summed E-state index contributed by atoms with van der Waals surface area (Å²) in [5.74, 6) is -1.02. The molecule has 0 bridgehead atoms. The summed E-state index contributed by atoms with van der Waals surface area (Å²) in [7, 11) is -3.91. The zero-order valence-electron chi connectivity index (χ0n) is 17.4. The number of piperidine rings is 1. The Bertz CT molecular complexity index is 1200. The maximum absolute atomic E-state index is 14.0. The molecule has 5 nitrogen and oxygen atoms in total. The van der Waals surface area contributed by atoms with Gasteiger partial charge in [-0.2, -0.15) is 4.31 Å². The van der Waals surface area contributed by atoms with Gasteiger partial charge in [0.05, 0.1) is 0 Å². The smallest absolute Gasteiger partial charge is 0.245 e. The number of sulfonamides is 1. The average molecular weight is 441 g/mol. The average Bonchev–Trinajstić information content (AvgIpc) is 2.79. The van der Waals surface area contributed by atoms with Crippen molar-refractivity contribution < 1.29 is 17.6 Å². The number of carbonyl (C=O) groups excluding carboxylic acids is 1. The number of hydrogen-bond acceptors (Lipinski definition) is 3. The van der Waals surface area contributed by atoms with Crippen molar-refractivity contribution in [2.24, 2.45) is 5.92 Å². The maximum atomic E-state index is 14.0. The van der Waals surface area contributed by atoms with E-state index < -0.39 is 15.8 Å². The van der Waals surface area contributed by atoms with Gasteiger partial charge in [0.25, 0.3) is 0 Å². The van der Waals surface area contributed by atoms with E-state index in [1.807, 2.05) is 49.4 Å². The van der Waals surface area contributed by atoms with E-state index in [-0.39, 0.29) is 29.8 Å². The number of hydrogen-bond donors (Lipinski definition) is 0. The number of nitrogens with zero attached hydrogens (tertiary/aromatic N) is 2. The fourth-order valence-electron chi connectivity index (χ4n) is 4.17. The molecule has 3 aromatic carbocycles. The van der Waals surface area contributed by atoms with Crippen molar-refractivity contribution in [2.45, 2.75) is 24.7 Å². The minimum atomic E-state index is -3.91. The maximum Gasteiger partial charge on any atom is 0.245 e. The van der Waals surface area contributed by atoms with Crippen LogP contribution < -0.4 is 4.90 Å². The summed E-state index contributed by atoms with van der Waals surface area (Å²) in [6.45, 7) is 2.86. The monoisotopic (exact) mass is 440 g/mol. The van der Waals surface area contributed by atoms with Crippen molar-refractivity contribution in [3.8, 4) is 0 Å². The van der Waals surface area contributed by atoms with Gasteiger partial charge in [-0.05, 0) is 54.8 Å². The third kappa shape index (κ3) is 4.20. The highest BCUT2D eigenvalue weighted by Gasteiger charge is 2.35. The van der Waals surface area contributed by atoms with E-state index in [9.17, 15) is 17.6 Å². The first kappa shape index (κ1) is 21.5. The molecule has 0 N–H and O–H groups in total. The highest BCUT2D eigenvalue weighted by molar-refractivity contribution is 7.89. The number of benzene rings is 3. The summed E-state index contributed by atoms with van der Waals surface area (Å²) >= 11 is 0. The van der Waals surface area contributed by atoms with Gasteiger partial charge in [-0.25, -0.2) is 12.8 Å². The van der Waals surface area contributed by atoms with Crippen LogP contribution in [0.25, 0.3) is 10.8 Å². The van der Waals surface area contributed by atoms with Gasteiger partial charge >= 0.3 is 0 Å². The second-order valence-electron chi connectivity index (χ2n) is 7.72. The van der Waals surface area contributed by atoms with E-state index in [1.54, 1.807) is 4.90 Å². The van der Waals surface area contributed by atoms with Crippen LogP contribution in [0.15, 0.2) is 71.6 Å². The second-order valence-corrected chi connectivity index (χ2v) is 9.63. The van der Waals surface area contributed by atoms with Gasteiger partial charge < -0.3 is 4.90 Å². The van der Waals surface area contributed by atoms with E-state index in [2.05, 4.69) is 0 Å². The number of anilines is 1. The van der Waals surface area contributed by atoms with Gasteiger partial charge in [0.15, 0.2) is 0 Å². The summed E-state index contributed by atoms with van der Waals surface area (Å²) < 4.78 is 40.9. The third-order valence-corrected chi connectivity index (χ3v) is 7.82. The molecular weight excluding hydrogens is 415 g/mol. The first-order valence-electron chi connectivity index (χ1n) is 10.5. The molecule has 3 aromatic rings. The highest BCUT2D eigenvalue weighted by Crippen LogP contribution is 2.29. The summed E-state index contributed by atoms with van der Waals surface area (Å²) in [5.41, 5.74) is 0.840. The number of amides is 1. The van der Waals surface area contributed by atoms with Crippen molar-refractivity contribution in [3.05, 3.63) is 72.5 Å².